The summed E-state index contributed by atoms with van der Waals surface area (Å²) in [5.74, 6) is 0. The third-order valence-electron chi connectivity index (χ3n) is 2.26. The third kappa shape index (κ3) is 0.992. The summed E-state index contributed by atoms with van der Waals surface area (Å²) in [4.78, 5) is 11.7. The topological polar surface area (TPSA) is 41.6 Å². The van der Waals surface area contributed by atoms with Crippen LogP contribution in [0, 0.1) is 0 Å². The standard InChI is InChI=1S/C10H6AsN3/c11-7-3-1-2-6-9(7)12-4-8-10(6)14-5-13-8/h1-5H,(H,13,14). The van der Waals surface area contributed by atoms with Crippen LogP contribution in [0.3, 0.4) is 0 Å². The van der Waals surface area contributed by atoms with E-state index < -0.39 is 0 Å². The molecule has 2 radical (unpaired) electrons. The monoisotopic (exact) mass is 243 g/mol. The molecule has 0 bridgehead atoms. The molecule has 3 aromatic rings. The summed E-state index contributed by atoms with van der Waals surface area (Å²) in [7, 11) is 0. The summed E-state index contributed by atoms with van der Waals surface area (Å²) in [6.07, 6.45) is 3.52. The molecule has 0 saturated heterocycles. The van der Waals surface area contributed by atoms with E-state index in [-0.39, 0.29) is 0 Å². The van der Waals surface area contributed by atoms with E-state index in [1.807, 2.05) is 24.4 Å². The average Bonchev–Trinajstić information content (AvgIpc) is 2.66. The van der Waals surface area contributed by atoms with E-state index >= 15 is 0 Å². The number of aromatic amines is 1. The molecule has 0 saturated carbocycles. The minimum absolute atomic E-state index is 0.982. The molecule has 0 aliphatic heterocycles. The number of rotatable bonds is 0. The van der Waals surface area contributed by atoms with Gasteiger partial charge in [-0.15, -0.1) is 0 Å². The average molecular weight is 243 g/mol. The van der Waals surface area contributed by atoms with Gasteiger partial charge in [-0.05, 0) is 0 Å². The number of imidazole rings is 1. The number of hydrogen-bond donors (Lipinski definition) is 1. The van der Waals surface area contributed by atoms with Crippen LogP contribution in [0.2, 0.25) is 0 Å². The van der Waals surface area contributed by atoms with Crippen molar-refractivity contribution in [2.75, 3.05) is 0 Å². The summed E-state index contributed by atoms with van der Waals surface area (Å²) < 4.78 is 1.12. The fourth-order valence-electron chi connectivity index (χ4n) is 1.60. The Kier molecular flexibility index (Phi) is 1.61. The third-order valence-corrected chi connectivity index (χ3v) is 3.02. The minimum atomic E-state index is 0.982. The number of nitrogens with one attached hydrogen (secondary N) is 1. The van der Waals surface area contributed by atoms with Crippen molar-refractivity contribution >= 4 is 43.1 Å². The van der Waals surface area contributed by atoms with Gasteiger partial charge in [-0.2, -0.15) is 0 Å². The van der Waals surface area contributed by atoms with Crippen molar-refractivity contribution in [2.24, 2.45) is 0 Å². The van der Waals surface area contributed by atoms with E-state index in [9.17, 15) is 0 Å². The quantitative estimate of drug-likeness (QED) is 0.596. The molecule has 2 aromatic heterocycles. The molecule has 3 rings (SSSR count). The van der Waals surface area contributed by atoms with Crippen LogP contribution in [-0.4, -0.2) is 31.8 Å². The van der Waals surface area contributed by atoms with Gasteiger partial charge in [-0.3, -0.25) is 0 Å². The first-order valence-corrected chi connectivity index (χ1v) is 5.20. The van der Waals surface area contributed by atoms with Gasteiger partial charge in [0.1, 0.15) is 0 Å². The predicted molar refractivity (Wildman–Crippen MR) is 56.8 cm³/mol. The van der Waals surface area contributed by atoms with Crippen LogP contribution in [0.15, 0.2) is 30.7 Å². The molecule has 0 fully saturated rings. The van der Waals surface area contributed by atoms with Gasteiger partial charge in [0, 0.05) is 0 Å². The Morgan fingerprint density at radius 3 is 3.00 bits per heavy atom. The predicted octanol–water partition coefficient (Wildman–Crippen LogP) is 0.905. The molecule has 0 aliphatic rings. The first-order valence-electron chi connectivity index (χ1n) is 4.26. The van der Waals surface area contributed by atoms with Gasteiger partial charge in [0.05, 0.1) is 0 Å². The number of nitrogens with zero attached hydrogens (tertiary/aromatic N) is 2. The summed E-state index contributed by atoms with van der Waals surface area (Å²) in [6, 6.07) is 6.10. The molecule has 0 aliphatic carbocycles. The van der Waals surface area contributed by atoms with Gasteiger partial charge in [0.2, 0.25) is 0 Å². The number of para-hydroxylation sites is 1. The van der Waals surface area contributed by atoms with E-state index in [1.165, 1.54) is 0 Å². The molecular weight excluding hydrogens is 237 g/mol. The molecule has 66 valence electrons. The molecule has 2 heterocycles. The Morgan fingerprint density at radius 2 is 2.07 bits per heavy atom. The van der Waals surface area contributed by atoms with Crippen LogP contribution in [0.5, 0.6) is 0 Å². The number of pyridine rings is 1. The molecule has 0 amide bonds. The van der Waals surface area contributed by atoms with E-state index in [2.05, 4.69) is 31.8 Å². The van der Waals surface area contributed by atoms with Crippen LogP contribution < -0.4 is 4.35 Å². The van der Waals surface area contributed by atoms with Crippen molar-refractivity contribution in [1.82, 2.24) is 15.0 Å². The van der Waals surface area contributed by atoms with Gasteiger partial charge in [0.15, 0.2) is 0 Å². The van der Waals surface area contributed by atoms with Crippen molar-refractivity contribution in [1.29, 1.82) is 0 Å². The number of benzene rings is 1. The van der Waals surface area contributed by atoms with Crippen molar-refractivity contribution in [2.45, 2.75) is 0 Å². The maximum absolute atomic E-state index is 4.39. The summed E-state index contributed by atoms with van der Waals surface area (Å²) >= 11 is 2.53. The van der Waals surface area contributed by atoms with Crippen LogP contribution in [0.25, 0.3) is 21.9 Å². The van der Waals surface area contributed by atoms with E-state index in [0.717, 1.165) is 26.3 Å². The Morgan fingerprint density at radius 1 is 1.14 bits per heavy atom. The Hall–Kier alpha value is -1.34. The summed E-state index contributed by atoms with van der Waals surface area (Å²) in [5.41, 5.74) is 2.98. The maximum atomic E-state index is 4.39. The van der Waals surface area contributed by atoms with Gasteiger partial charge in [-0.25, -0.2) is 0 Å². The molecule has 0 unspecified atom stereocenters. The number of H-pyrrole nitrogens is 1. The second kappa shape index (κ2) is 2.82. The van der Waals surface area contributed by atoms with Crippen LogP contribution in [-0.2, 0) is 0 Å². The summed E-state index contributed by atoms with van der Waals surface area (Å²) in [5, 5.41) is 1.10. The zero-order chi connectivity index (χ0) is 9.54. The number of fused-ring (bicyclic) bond motifs is 3. The first kappa shape index (κ1) is 8.01. The van der Waals surface area contributed by atoms with Crippen LogP contribution in [0.1, 0.15) is 0 Å². The Balaban J connectivity index is 2.64. The normalized spacial score (nSPS) is 11.2. The second-order valence-electron chi connectivity index (χ2n) is 3.10. The van der Waals surface area contributed by atoms with E-state index in [1.54, 1.807) is 6.33 Å². The van der Waals surface area contributed by atoms with E-state index in [0.29, 0.717) is 0 Å². The van der Waals surface area contributed by atoms with Gasteiger partial charge in [0.25, 0.3) is 0 Å². The van der Waals surface area contributed by atoms with Crippen LogP contribution in [0.4, 0.5) is 0 Å². The second-order valence-corrected chi connectivity index (χ2v) is 4.11. The van der Waals surface area contributed by atoms with Gasteiger partial charge in [-0.1, -0.05) is 0 Å². The molecule has 0 atom stereocenters. The molecule has 0 spiro atoms. The number of hydrogen-bond acceptors (Lipinski definition) is 2. The van der Waals surface area contributed by atoms with Crippen molar-refractivity contribution in [3.63, 3.8) is 0 Å². The molecule has 3 nitrogen and oxygen atoms in total. The first-order chi connectivity index (χ1) is 6.86. The zero-order valence-corrected chi connectivity index (χ0v) is 9.10. The Labute approximate surface area is 89.1 Å². The van der Waals surface area contributed by atoms with Crippen molar-refractivity contribution < 1.29 is 0 Å². The fourth-order valence-corrected chi connectivity index (χ4v) is 2.16. The fraction of sp³-hybridized carbons (Fsp3) is 0. The SMILES string of the molecule is [As]c1cccc2c1ncc1[nH]cnc12. The van der Waals surface area contributed by atoms with Gasteiger partial charge >= 0.3 is 88.8 Å². The summed E-state index contributed by atoms with van der Waals surface area (Å²) in [6.45, 7) is 0. The molecule has 4 heteroatoms. The van der Waals surface area contributed by atoms with Crippen molar-refractivity contribution in [3.05, 3.63) is 30.7 Å². The molecule has 1 aromatic carbocycles. The molecule has 1 N–H and O–H groups in total. The Bertz CT molecular complexity index is 615. The zero-order valence-electron chi connectivity index (χ0n) is 7.23. The molecule has 14 heavy (non-hydrogen) atoms. The number of aromatic nitrogens is 3. The molecular formula is C10H6AsN3. The van der Waals surface area contributed by atoms with Crippen molar-refractivity contribution in [3.8, 4) is 0 Å². The van der Waals surface area contributed by atoms with E-state index in [4.69, 9.17) is 0 Å². The van der Waals surface area contributed by atoms with Crippen LogP contribution >= 0.6 is 0 Å². The van der Waals surface area contributed by atoms with Gasteiger partial charge < -0.3 is 0 Å².